The van der Waals surface area contributed by atoms with Gasteiger partial charge < -0.3 is 10.1 Å². The number of carbonyl (C=O) groups excluding carboxylic acids is 2. The van der Waals surface area contributed by atoms with E-state index in [0.29, 0.717) is 35.8 Å². The van der Waals surface area contributed by atoms with Gasteiger partial charge in [0.05, 0.1) is 23.6 Å². The molecule has 1 N–H and O–H groups in total. The molecule has 2 aromatic rings. The Morgan fingerprint density at radius 2 is 1.77 bits per heavy atom. The number of hydrogen-bond donors (Lipinski definition) is 1. The molecule has 31 heavy (non-hydrogen) atoms. The Balaban J connectivity index is 1.73. The summed E-state index contributed by atoms with van der Waals surface area (Å²) in [6.07, 6.45) is 2.80. The molecule has 0 saturated carbocycles. The number of ether oxygens (including phenoxy) is 1. The van der Waals surface area contributed by atoms with E-state index < -0.39 is 10.0 Å². The molecular weight excluding hydrogens is 436 g/mol. The second-order valence-corrected chi connectivity index (χ2v) is 10.2. The van der Waals surface area contributed by atoms with Crippen molar-refractivity contribution in [2.45, 2.75) is 44.9 Å². The number of fused-ring (bicyclic) bond motifs is 1. The number of anilines is 1. The van der Waals surface area contributed by atoms with E-state index in [-0.39, 0.29) is 23.2 Å². The standard InChI is InChI=1S/C22H28N2O5S2/c1-4-24(5-2)31(27,28)16-12-10-15(11-13-16)18(25)14-23-21-20(22(26)29-6-3)17-8-7-9-19(17)30-21/h10-13,23H,4-9,14H2,1-3H3. The third-order valence-corrected chi connectivity index (χ3v) is 8.64. The Morgan fingerprint density at radius 3 is 2.39 bits per heavy atom. The second kappa shape index (κ2) is 9.93. The van der Waals surface area contributed by atoms with Crippen LogP contribution >= 0.6 is 11.3 Å². The Morgan fingerprint density at radius 1 is 1.10 bits per heavy atom. The van der Waals surface area contributed by atoms with Crippen LogP contribution in [0.5, 0.6) is 0 Å². The van der Waals surface area contributed by atoms with Gasteiger partial charge in [-0.1, -0.05) is 13.8 Å². The van der Waals surface area contributed by atoms with Crippen molar-refractivity contribution in [3.05, 3.63) is 45.8 Å². The number of nitrogens with zero attached hydrogens (tertiary/aromatic N) is 1. The SMILES string of the molecule is CCOC(=O)c1c(NCC(=O)c2ccc(S(=O)(=O)N(CC)CC)cc2)sc2c1CCC2. The Kier molecular flexibility index (Phi) is 7.51. The summed E-state index contributed by atoms with van der Waals surface area (Å²) in [4.78, 5) is 26.4. The van der Waals surface area contributed by atoms with Gasteiger partial charge in [0.15, 0.2) is 5.78 Å². The minimum atomic E-state index is -3.56. The third kappa shape index (κ3) is 4.83. The lowest BCUT2D eigenvalue weighted by molar-refractivity contribution is 0.0526. The van der Waals surface area contributed by atoms with Gasteiger partial charge in [-0.15, -0.1) is 11.3 Å². The summed E-state index contributed by atoms with van der Waals surface area (Å²) in [5.41, 5.74) is 1.99. The molecule has 0 fully saturated rings. The number of benzene rings is 1. The van der Waals surface area contributed by atoms with Crippen LogP contribution in [0.15, 0.2) is 29.2 Å². The van der Waals surface area contributed by atoms with Crippen molar-refractivity contribution in [3.63, 3.8) is 0 Å². The van der Waals surface area contributed by atoms with E-state index in [1.54, 1.807) is 20.8 Å². The molecule has 9 heteroatoms. The molecule has 3 rings (SSSR count). The lowest BCUT2D eigenvalue weighted by Gasteiger charge is -2.18. The fourth-order valence-electron chi connectivity index (χ4n) is 3.74. The molecule has 0 saturated heterocycles. The normalized spacial score (nSPS) is 13.3. The average molecular weight is 465 g/mol. The molecule has 7 nitrogen and oxygen atoms in total. The number of sulfonamides is 1. The first-order chi connectivity index (χ1) is 14.8. The monoisotopic (exact) mass is 464 g/mol. The predicted molar refractivity (Wildman–Crippen MR) is 122 cm³/mol. The summed E-state index contributed by atoms with van der Waals surface area (Å²) in [6.45, 7) is 6.42. The molecule has 0 amide bonds. The Labute approximate surface area is 187 Å². The van der Waals surface area contributed by atoms with Gasteiger partial charge in [-0.3, -0.25) is 4.79 Å². The molecule has 168 valence electrons. The fourth-order valence-corrected chi connectivity index (χ4v) is 6.47. The second-order valence-electron chi connectivity index (χ2n) is 7.17. The summed E-state index contributed by atoms with van der Waals surface area (Å²) in [5, 5.41) is 3.77. The highest BCUT2D eigenvalue weighted by molar-refractivity contribution is 7.89. The molecule has 0 unspecified atom stereocenters. The minimum Gasteiger partial charge on any atom is -0.462 e. The number of thiophene rings is 1. The van der Waals surface area contributed by atoms with Gasteiger partial charge in [0, 0.05) is 23.5 Å². The highest BCUT2D eigenvalue weighted by Crippen LogP contribution is 2.39. The maximum atomic E-state index is 12.7. The van der Waals surface area contributed by atoms with E-state index in [2.05, 4.69) is 5.32 Å². The number of carbonyl (C=O) groups is 2. The Bertz CT molecular complexity index is 1050. The molecular formula is C22H28N2O5S2. The zero-order valence-corrected chi connectivity index (χ0v) is 19.7. The smallest absolute Gasteiger partial charge is 0.341 e. The lowest BCUT2D eigenvalue weighted by atomic mass is 10.1. The fraction of sp³-hybridized carbons (Fsp3) is 0.455. The van der Waals surface area contributed by atoms with Crippen molar-refractivity contribution in [2.24, 2.45) is 0 Å². The van der Waals surface area contributed by atoms with Crippen molar-refractivity contribution >= 4 is 38.1 Å². The number of hydrogen-bond acceptors (Lipinski definition) is 7. The first-order valence-electron chi connectivity index (χ1n) is 10.5. The van der Waals surface area contributed by atoms with Gasteiger partial charge in [-0.05, 0) is 56.0 Å². The van der Waals surface area contributed by atoms with E-state index in [1.807, 2.05) is 0 Å². The van der Waals surface area contributed by atoms with Gasteiger partial charge in [0.1, 0.15) is 5.00 Å². The van der Waals surface area contributed by atoms with Gasteiger partial charge in [-0.25, -0.2) is 13.2 Å². The summed E-state index contributed by atoms with van der Waals surface area (Å²) in [6, 6.07) is 5.98. The molecule has 1 heterocycles. The lowest BCUT2D eigenvalue weighted by Crippen LogP contribution is -2.30. The predicted octanol–water partition coefficient (Wildman–Crippen LogP) is 3.74. The molecule has 0 spiro atoms. The van der Waals surface area contributed by atoms with Crippen LogP contribution in [0.25, 0.3) is 0 Å². The maximum absolute atomic E-state index is 12.7. The number of nitrogens with one attached hydrogen (secondary N) is 1. The number of esters is 1. The molecule has 1 aromatic heterocycles. The first-order valence-corrected chi connectivity index (χ1v) is 12.8. The minimum absolute atomic E-state index is 0.00788. The largest absolute Gasteiger partial charge is 0.462 e. The third-order valence-electron chi connectivity index (χ3n) is 5.33. The molecule has 0 radical (unpaired) electrons. The van der Waals surface area contributed by atoms with E-state index in [0.717, 1.165) is 24.8 Å². The van der Waals surface area contributed by atoms with Crippen molar-refractivity contribution in [3.8, 4) is 0 Å². The summed E-state index contributed by atoms with van der Waals surface area (Å²) < 4.78 is 31.8. The maximum Gasteiger partial charge on any atom is 0.341 e. The number of ketones is 1. The topological polar surface area (TPSA) is 92.8 Å². The van der Waals surface area contributed by atoms with Gasteiger partial charge in [-0.2, -0.15) is 4.31 Å². The van der Waals surface area contributed by atoms with Crippen LogP contribution in [0.3, 0.4) is 0 Å². The van der Waals surface area contributed by atoms with Crippen molar-refractivity contribution in [1.82, 2.24) is 4.31 Å². The first kappa shape index (κ1) is 23.4. The average Bonchev–Trinajstić information content (AvgIpc) is 3.33. The van der Waals surface area contributed by atoms with Crippen LogP contribution in [0, 0.1) is 0 Å². The summed E-state index contributed by atoms with van der Waals surface area (Å²) in [5.74, 6) is -0.544. The highest BCUT2D eigenvalue weighted by atomic mass is 32.2. The summed E-state index contributed by atoms with van der Waals surface area (Å²) in [7, 11) is -3.56. The van der Waals surface area contributed by atoms with E-state index in [4.69, 9.17) is 4.74 Å². The van der Waals surface area contributed by atoms with Crippen LogP contribution < -0.4 is 5.32 Å². The summed E-state index contributed by atoms with van der Waals surface area (Å²) >= 11 is 1.50. The molecule has 1 aliphatic rings. The molecule has 1 aromatic carbocycles. The van der Waals surface area contributed by atoms with Gasteiger partial charge in [0.2, 0.25) is 10.0 Å². The van der Waals surface area contributed by atoms with E-state index >= 15 is 0 Å². The number of aryl methyl sites for hydroxylation is 1. The Hall–Kier alpha value is -2.23. The van der Waals surface area contributed by atoms with Crippen LogP contribution in [-0.4, -0.2) is 50.7 Å². The van der Waals surface area contributed by atoms with E-state index in [1.165, 1.54) is 44.8 Å². The van der Waals surface area contributed by atoms with Gasteiger partial charge in [0.25, 0.3) is 0 Å². The van der Waals surface area contributed by atoms with Crippen molar-refractivity contribution in [1.29, 1.82) is 0 Å². The quantitative estimate of drug-likeness (QED) is 0.425. The van der Waals surface area contributed by atoms with Crippen molar-refractivity contribution in [2.75, 3.05) is 31.6 Å². The highest BCUT2D eigenvalue weighted by Gasteiger charge is 2.28. The zero-order chi connectivity index (χ0) is 22.6. The number of rotatable bonds is 10. The number of Topliss-reactive ketones (excluding diaryl/α,β-unsaturated/α-hetero) is 1. The van der Waals surface area contributed by atoms with Crippen LogP contribution in [0.2, 0.25) is 0 Å². The van der Waals surface area contributed by atoms with Gasteiger partial charge >= 0.3 is 5.97 Å². The zero-order valence-electron chi connectivity index (χ0n) is 18.1. The molecule has 0 bridgehead atoms. The van der Waals surface area contributed by atoms with Crippen molar-refractivity contribution < 1.29 is 22.7 Å². The van der Waals surface area contributed by atoms with Crippen LogP contribution in [-0.2, 0) is 27.6 Å². The molecule has 1 aliphatic carbocycles. The molecule has 0 aliphatic heterocycles. The van der Waals surface area contributed by atoms with Crippen LogP contribution in [0.1, 0.15) is 58.3 Å². The van der Waals surface area contributed by atoms with Crippen LogP contribution in [0.4, 0.5) is 5.00 Å². The van der Waals surface area contributed by atoms with E-state index in [9.17, 15) is 18.0 Å². The molecule has 0 atom stereocenters.